The highest BCUT2D eigenvalue weighted by Crippen LogP contribution is 2.31. The van der Waals surface area contributed by atoms with Crippen LogP contribution in [0.3, 0.4) is 0 Å². The summed E-state index contributed by atoms with van der Waals surface area (Å²) in [6.07, 6.45) is -1.06. The van der Waals surface area contributed by atoms with Crippen molar-refractivity contribution in [3.05, 3.63) is 23.9 Å². The minimum absolute atomic E-state index is 0.00160. The number of hydrogen-bond acceptors (Lipinski definition) is 6. The van der Waals surface area contributed by atoms with Crippen LogP contribution in [-0.2, 0) is 6.18 Å². The van der Waals surface area contributed by atoms with E-state index in [9.17, 15) is 13.2 Å². The largest absolute Gasteiger partial charge is 0.433 e. The van der Waals surface area contributed by atoms with E-state index in [1.54, 1.807) is 0 Å². The topological polar surface area (TPSA) is 89.6 Å². The Morgan fingerprint density at radius 3 is 2.54 bits per heavy atom. The van der Waals surface area contributed by atoms with Crippen molar-refractivity contribution in [2.24, 2.45) is 5.92 Å². The van der Waals surface area contributed by atoms with Crippen molar-refractivity contribution < 1.29 is 13.2 Å². The highest BCUT2D eigenvalue weighted by Gasteiger charge is 2.32. The van der Waals surface area contributed by atoms with Gasteiger partial charge in [-0.15, -0.1) is 0 Å². The molecule has 3 N–H and O–H groups in total. The van der Waals surface area contributed by atoms with Crippen molar-refractivity contribution in [3.63, 3.8) is 0 Å². The Morgan fingerprint density at radius 1 is 1.17 bits per heavy atom. The molecule has 24 heavy (non-hydrogen) atoms. The van der Waals surface area contributed by atoms with Crippen LogP contribution in [0.25, 0.3) is 11.5 Å². The Kier molecular flexibility index (Phi) is 4.25. The standard InChI is InChI=1S/C15H17F3N6/c1-8(9-4-2-5-9)20-14-23-12(22-13(19)24-14)10-6-3-7-11(21-10)15(16,17)18/h3,6-9H,2,4-5H2,1H3,(H3,19,20,22,23,24). The van der Waals surface area contributed by atoms with Crippen LogP contribution < -0.4 is 11.1 Å². The monoisotopic (exact) mass is 338 g/mol. The normalized spacial score (nSPS) is 16.5. The summed E-state index contributed by atoms with van der Waals surface area (Å²) in [7, 11) is 0. The number of anilines is 2. The van der Waals surface area contributed by atoms with Gasteiger partial charge >= 0.3 is 6.18 Å². The van der Waals surface area contributed by atoms with Gasteiger partial charge in [0.25, 0.3) is 0 Å². The molecule has 1 aliphatic rings. The van der Waals surface area contributed by atoms with E-state index in [2.05, 4.69) is 25.3 Å². The molecular weight excluding hydrogens is 321 g/mol. The summed E-state index contributed by atoms with van der Waals surface area (Å²) in [6.45, 7) is 2.02. The molecule has 1 aliphatic carbocycles. The van der Waals surface area contributed by atoms with Crippen molar-refractivity contribution >= 4 is 11.9 Å². The minimum atomic E-state index is -4.53. The Morgan fingerprint density at radius 2 is 1.92 bits per heavy atom. The molecule has 0 aromatic carbocycles. The molecule has 0 spiro atoms. The van der Waals surface area contributed by atoms with Crippen LogP contribution in [-0.4, -0.2) is 26.0 Å². The fraction of sp³-hybridized carbons (Fsp3) is 0.467. The Balaban J connectivity index is 1.88. The summed E-state index contributed by atoms with van der Waals surface area (Å²) in [5.74, 6) is 0.730. The quantitative estimate of drug-likeness (QED) is 0.890. The number of alkyl halides is 3. The lowest BCUT2D eigenvalue weighted by molar-refractivity contribution is -0.141. The van der Waals surface area contributed by atoms with E-state index in [1.165, 1.54) is 18.6 Å². The molecule has 0 bridgehead atoms. The Bertz CT molecular complexity index is 729. The van der Waals surface area contributed by atoms with E-state index in [4.69, 9.17) is 5.73 Å². The van der Waals surface area contributed by atoms with Gasteiger partial charge < -0.3 is 11.1 Å². The van der Waals surface area contributed by atoms with Crippen molar-refractivity contribution in [1.29, 1.82) is 0 Å². The maximum Gasteiger partial charge on any atom is 0.433 e. The van der Waals surface area contributed by atoms with Gasteiger partial charge in [-0.3, -0.25) is 0 Å². The van der Waals surface area contributed by atoms with E-state index in [0.717, 1.165) is 18.9 Å². The molecule has 6 nitrogen and oxygen atoms in total. The van der Waals surface area contributed by atoms with Gasteiger partial charge in [0.15, 0.2) is 5.82 Å². The number of nitrogens with zero attached hydrogens (tertiary/aromatic N) is 4. The maximum atomic E-state index is 12.8. The number of aromatic nitrogens is 4. The van der Waals surface area contributed by atoms with Crippen LogP contribution in [0.4, 0.5) is 25.1 Å². The molecule has 1 fully saturated rings. The molecule has 1 unspecified atom stereocenters. The molecule has 128 valence electrons. The van der Waals surface area contributed by atoms with Crippen LogP contribution in [0.2, 0.25) is 0 Å². The van der Waals surface area contributed by atoms with E-state index < -0.39 is 11.9 Å². The van der Waals surface area contributed by atoms with Gasteiger partial charge in [-0.1, -0.05) is 12.5 Å². The first-order valence-electron chi connectivity index (χ1n) is 7.65. The fourth-order valence-electron chi connectivity index (χ4n) is 2.55. The summed E-state index contributed by atoms with van der Waals surface area (Å²) in [4.78, 5) is 15.6. The molecule has 3 rings (SSSR count). The van der Waals surface area contributed by atoms with Crippen LogP contribution in [0.1, 0.15) is 31.9 Å². The van der Waals surface area contributed by atoms with Crippen LogP contribution in [0, 0.1) is 5.92 Å². The van der Waals surface area contributed by atoms with Gasteiger partial charge in [0, 0.05) is 6.04 Å². The zero-order valence-electron chi connectivity index (χ0n) is 13.0. The molecule has 0 aliphatic heterocycles. The first kappa shape index (κ1) is 16.4. The maximum absolute atomic E-state index is 12.8. The smallest absolute Gasteiger partial charge is 0.368 e. The Hall–Kier alpha value is -2.45. The minimum Gasteiger partial charge on any atom is -0.368 e. The molecule has 0 amide bonds. The third-order valence-corrected chi connectivity index (χ3v) is 4.14. The highest BCUT2D eigenvalue weighted by atomic mass is 19.4. The predicted molar refractivity (Wildman–Crippen MR) is 82.9 cm³/mol. The molecular formula is C15H17F3N6. The van der Waals surface area contributed by atoms with E-state index in [1.807, 2.05) is 6.92 Å². The SMILES string of the molecule is CC(Nc1nc(N)nc(-c2cccc(C(F)(F)F)n2)n1)C1CCC1. The molecule has 0 radical (unpaired) electrons. The molecule has 2 heterocycles. The fourth-order valence-corrected chi connectivity index (χ4v) is 2.55. The second-order valence-corrected chi connectivity index (χ2v) is 5.87. The van der Waals surface area contributed by atoms with E-state index in [0.29, 0.717) is 5.92 Å². The summed E-state index contributed by atoms with van der Waals surface area (Å²) >= 11 is 0. The lowest BCUT2D eigenvalue weighted by Crippen LogP contribution is -2.31. The summed E-state index contributed by atoms with van der Waals surface area (Å²) in [6, 6.07) is 3.72. The number of halogens is 3. The number of pyridine rings is 1. The Labute approximate surface area is 136 Å². The summed E-state index contributed by atoms with van der Waals surface area (Å²) in [5, 5.41) is 3.15. The van der Waals surface area contributed by atoms with Gasteiger partial charge in [0.1, 0.15) is 11.4 Å². The zero-order valence-corrected chi connectivity index (χ0v) is 13.0. The number of rotatable bonds is 4. The third kappa shape index (κ3) is 3.55. The lowest BCUT2D eigenvalue weighted by Gasteiger charge is -2.31. The summed E-state index contributed by atoms with van der Waals surface area (Å²) in [5.41, 5.74) is 4.66. The van der Waals surface area contributed by atoms with Crippen LogP contribution in [0.15, 0.2) is 18.2 Å². The summed E-state index contributed by atoms with van der Waals surface area (Å²) < 4.78 is 38.4. The van der Waals surface area contributed by atoms with Gasteiger partial charge in [-0.05, 0) is 37.8 Å². The van der Waals surface area contributed by atoms with Crippen molar-refractivity contribution in [2.45, 2.75) is 38.4 Å². The third-order valence-electron chi connectivity index (χ3n) is 4.14. The van der Waals surface area contributed by atoms with Gasteiger partial charge in [-0.2, -0.15) is 28.1 Å². The second-order valence-electron chi connectivity index (χ2n) is 5.87. The van der Waals surface area contributed by atoms with Gasteiger partial charge in [0.05, 0.1) is 0 Å². The number of hydrogen-bond donors (Lipinski definition) is 2. The number of nitrogens with two attached hydrogens (primary N) is 1. The van der Waals surface area contributed by atoms with Crippen molar-refractivity contribution in [2.75, 3.05) is 11.1 Å². The highest BCUT2D eigenvalue weighted by molar-refractivity contribution is 5.53. The van der Waals surface area contributed by atoms with Crippen LogP contribution >= 0.6 is 0 Å². The molecule has 0 saturated heterocycles. The molecule has 2 aromatic heterocycles. The number of nitrogen functional groups attached to an aromatic ring is 1. The first-order valence-corrected chi connectivity index (χ1v) is 7.65. The van der Waals surface area contributed by atoms with E-state index in [-0.39, 0.29) is 29.5 Å². The van der Waals surface area contributed by atoms with Gasteiger partial charge in [-0.25, -0.2) is 4.98 Å². The lowest BCUT2D eigenvalue weighted by atomic mass is 9.80. The molecule has 2 aromatic rings. The van der Waals surface area contributed by atoms with Crippen LogP contribution in [0.5, 0.6) is 0 Å². The molecule has 1 saturated carbocycles. The predicted octanol–water partition coefficient (Wildman–Crippen LogP) is 3.14. The molecule has 9 heteroatoms. The average Bonchev–Trinajstić information content (AvgIpc) is 2.44. The van der Waals surface area contributed by atoms with Gasteiger partial charge in [0.2, 0.25) is 11.9 Å². The first-order chi connectivity index (χ1) is 11.3. The average molecular weight is 338 g/mol. The zero-order chi connectivity index (χ0) is 17.3. The molecule has 1 atom stereocenters. The van der Waals surface area contributed by atoms with E-state index >= 15 is 0 Å². The van der Waals surface area contributed by atoms with Crippen molar-refractivity contribution in [3.8, 4) is 11.5 Å². The second kappa shape index (κ2) is 6.21. The number of nitrogens with one attached hydrogen (secondary N) is 1. The van der Waals surface area contributed by atoms with Crippen molar-refractivity contribution in [1.82, 2.24) is 19.9 Å².